The van der Waals surface area contributed by atoms with Gasteiger partial charge in [-0.15, -0.1) is 0 Å². The molecule has 0 saturated carbocycles. The van der Waals surface area contributed by atoms with Gasteiger partial charge in [-0.1, -0.05) is 13.8 Å². The first-order valence-corrected chi connectivity index (χ1v) is 7.91. The third-order valence-corrected chi connectivity index (χ3v) is 4.06. The Morgan fingerprint density at radius 2 is 1.95 bits per heavy atom. The van der Waals surface area contributed by atoms with E-state index < -0.39 is 17.5 Å². The Bertz CT molecular complexity index is 511. The summed E-state index contributed by atoms with van der Waals surface area (Å²) in [5, 5.41) is 2.69. The van der Waals surface area contributed by atoms with Crippen molar-refractivity contribution >= 4 is 5.91 Å². The number of likely N-dealkylation sites (tertiary alicyclic amines) is 1. The van der Waals surface area contributed by atoms with Crippen molar-refractivity contribution in [1.82, 2.24) is 10.2 Å². The second kappa shape index (κ2) is 7.68. The Morgan fingerprint density at radius 3 is 2.59 bits per heavy atom. The molecule has 0 aliphatic carbocycles. The van der Waals surface area contributed by atoms with Crippen LogP contribution in [-0.2, 0) is 0 Å². The molecule has 22 heavy (non-hydrogen) atoms. The molecule has 0 bridgehead atoms. The molecule has 0 spiro atoms. The molecule has 1 amide bonds. The molecule has 0 aromatic heterocycles. The van der Waals surface area contributed by atoms with Crippen molar-refractivity contribution in [2.45, 2.75) is 26.7 Å². The van der Waals surface area contributed by atoms with E-state index in [0.29, 0.717) is 18.4 Å². The van der Waals surface area contributed by atoms with E-state index >= 15 is 0 Å². The van der Waals surface area contributed by atoms with E-state index in [0.717, 1.165) is 38.2 Å². The molecular weight excluding hydrogens is 286 g/mol. The van der Waals surface area contributed by atoms with Gasteiger partial charge in [-0.25, -0.2) is 8.78 Å². The van der Waals surface area contributed by atoms with Crippen LogP contribution in [0.5, 0.6) is 0 Å². The summed E-state index contributed by atoms with van der Waals surface area (Å²) in [6.07, 6.45) is 2.10. The lowest BCUT2D eigenvalue weighted by Gasteiger charge is -2.34. The van der Waals surface area contributed by atoms with Crippen molar-refractivity contribution in [3.05, 3.63) is 35.4 Å². The van der Waals surface area contributed by atoms with Crippen LogP contribution < -0.4 is 5.32 Å². The van der Waals surface area contributed by atoms with E-state index in [1.807, 2.05) is 0 Å². The Hall–Kier alpha value is -1.49. The van der Waals surface area contributed by atoms with E-state index in [2.05, 4.69) is 24.1 Å². The lowest BCUT2D eigenvalue weighted by Crippen LogP contribution is -2.40. The van der Waals surface area contributed by atoms with Crippen LogP contribution in [-0.4, -0.2) is 37.0 Å². The number of halogens is 2. The van der Waals surface area contributed by atoms with Gasteiger partial charge in [-0.3, -0.25) is 4.79 Å². The van der Waals surface area contributed by atoms with E-state index in [9.17, 15) is 13.6 Å². The van der Waals surface area contributed by atoms with Crippen LogP contribution in [0.25, 0.3) is 0 Å². The number of rotatable bonds is 5. The molecule has 1 heterocycles. The lowest BCUT2D eigenvalue weighted by atomic mass is 9.92. The van der Waals surface area contributed by atoms with Gasteiger partial charge in [0, 0.05) is 25.7 Å². The molecular formula is C17H24F2N2O. The molecule has 2 rings (SSSR count). The maximum absolute atomic E-state index is 13.5. The molecule has 1 aromatic rings. The minimum atomic E-state index is -0.823. The Kier molecular flexibility index (Phi) is 5.89. The fourth-order valence-corrected chi connectivity index (χ4v) is 3.25. The number of nitrogens with zero attached hydrogens (tertiary/aromatic N) is 1. The summed E-state index contributed by atoms with van der Waals surface area (Å²) in [5.41, 5.74) is -0.110. The molecule has 3 nitrogen and oxygen atoms in total. The van der Waals surface area contributed by atoms with E-state index in [4.69, 9.17) is 0 Å². The van der Waals surface area contributed by atoms with E-state index in [1.165, 1.54) is 12.5 Å². The summed E-state index contributed by atoms with van der Waals surface area (Å²) >= 11 is 0. The third kappa shape index (κ3) is 4.77. The van der Waals surface area contributed by atoms with Crippen LogP contribution in [0, 0.1) is 23.5 Å². The van der Waals surface area contributed by atoms with Gasteiger partial charge in [-0.2, -0.15) is 0 Å². The van der Waals surface area contributed by atoms with Crippen molar-refractivity contribution in [2.75, 3.05) is 26.2 Å². The average Bonchev–Trinajstić information content (AvgIpc) is 2.42. The van der Waals surface area contributed by atoms with Gasteiger partial charge in [-0.05, 0) is 43.4 Å². The number of benzene rings is 1. The largest absolute Gasteiger partial charge is 0.352 e. The standard InChI is InChI=1S/C17H24F2N2O/c1-12-8-13(2)11-21(10-12)7-3-6-20-17(22)15-5-4-14(18)9-16(15)19/h4-5,9,12-13H,3,6-8,10-11H2,1-2H3,(H,20,22)/t12-,13-/m1/s1. The smallest absolute Gasteiger partial charge is 0.254 e. The predicted molar refractivity (Wildman–Crippen MR) is 82.7 cm³/mol. The van der Waals surface area contributed by atoms with Crippen molar-refractivity contribution in [3.8, 4) is 0 Å². The van der Waals surface area contributed by atoms with Gasteiger partial charge in [0.05, 0.1) is 5.56 Å². The van der Waals surface area contributed by atoms with Crippen LogP contribution in [0.2, 0.25) is 0 Å². The predicted octanol–water partition coefficient (Wildman–Crippen LogP) is 3.06. The first-order valence-electron chi connectivity index (χ1n) is 7.91. The lowest BCUT2D eigenvalue weighted by molar-refractivity contribution is 0.0943. The fourth-order valence-electron chi connectivity index (χ4n) is 3.25. The summed E-state index contributed by atoms with van der Waals surface area (Å²) in [4.78, 5) is 14.3. The number of carbonyl (C=O) groups excluding carboxylic acids is 1. The molecule has 0 unspecified atom stereocenters. The number of piperidine rings is 1. The zero-order chi connectivity index (χ0) is 16.1. The minimum absolute atomic E-state index is 0.110. The van der Waals surface area contributed by atoms with Crippen LogP contribution >= 0.6 is 0 Å². The number of nitrogens with one attached hydrogen (secondary N) is 1. The van der Waals surface area contributed by atoms with Crippen molar-refractivity contribution < 1.29 is 13.6 Å². The highest BCUT2D eigenvalue weighted by Gasteiger charge is 2.21. The van der Waals surface area contributed by atoms with E-state index in [-0.39, 0.29) is 5.56 Å². The van der Waals surface area contributed by atoms with Crippen LogP contribution in [0.1, 0.15) is 37.0 Å². The Morgan fingerprint density at radius 1 is 1.27 bits per heavy atom. The van der Waals surface area contributed by atoms with Gasteiger partial charge in [0.2, 0.25) is 0 Å². The molecule has 1 N–H and O–H groups in total. The number of amides is 1. The minimum Gasteiger partial charge on any atom is -0.352 e. The van der Waals surface area contributed by atoms with Crippen LogP contribution in [0.3, 0.4) is 0 Å². The van der Waals surface area contributed by atoms with Crippen molar-refractivity contribution in [3.63, 3.8) is 0 Å². The Balaban J connectivity index is 1.73. The summed E-state index contributed by atoms with van der Waals surface area (Å²) < 4.78 is 26.3. The van der Waals surface area contributed by atoms with Gasteiger partial charge in [0.15, 0.2) is 0 Å². The summed E-state index contributed by atoms with van der Waals surface area (Å²) in [7, 11) is 0. The molecule has 2 atom stereocenters. The van der Waals surface area contributed by atoms with Gasteiger partial charge >= 0.3 is 0 Å². The van der Waals surface area contributed by atoms with Crippen LogP contribution in [0.4, 0.5) is 8.78 Å². The van der Waals surface area contributed by atoms with Crippen molar-refractivity contribution in [2.24, 2.45) is 11.8 Å². The fraction of sp³-hybridized carbons (Fsp3) is 0.588. The molecule has 1 aromatic carbocycles. The average molecular weight is 310 g/mol. The molecule has 1 aliphatic heterocycles. The molecule has 1 saturated heterocycles. The normalized spacial score (nSPS) is 22.5. The zero-order valence-electron chi connectivity index (χ0n) is 13.2. The second-order valence-electron chi connectivity index (χ2n) is 6.44. The summed E-state index contributed by atoms with van der Waals surface area (Å²) in [6.45, 7) is 8.16. The highest BCUT2D eigenvalue weighted by atomic mass is 19.1. The molecule has 1 fully saturated rings. The maximum atomic E-state index is 13.5. The molecule has 122 valence electrons. The summed E-state index contributed by atoms with van der Waals surface area (Å²) in [5.74, 6) is -0.560. The molecule has 0 radical (unpaired) electrons. The highest BCUT2D eigenvalue weighted by Crippen LogP contribution is 2.20. The van der Waals surface area contributed by atoms with Crippen molar-refractivity contribution in [1.29, 1.82) is 0 Å². The monoisotopic (exact) mass is 310 g/mol. The zero-order valence-corrected chi connectivity index (χ0v) is 13.2. The first-order chi connectivity index (χ1) is 10.5. The summed E-state index contributed by atoms with van der Waals surface area (Å²) in [6, 6.07) is 2.99. The number of carbonyl (C=O) groups is 1. The SMILES string of the molecule is C[C@@H]1C[C@@H](C)CN(CCCNC(=O)c2ccc(F)cc2F)C1. The van der Waals surface area contributed by atoms with Gasteiger partial charge < -0.3 is 10.2 Å². The maximum Gasteiger partial charge on any atom is 0.254 e. The number of hydrogen-bond acceptors (Lipinski definition) is 2. The number of hydrogen-bond donors (Lipinski definition) is 1. The van der Waals surface area contributed by atoms with Gasteiger partial charge in [0.25, 0.3) is 5.91 Å². The van der Waals surface area contributed by atoms with Gasteiger partial charge in [0.1, 0.15) is 11.6 Å². The molecule has 5 heteroatoms. The molecule has 1 aliphatic rings. The second-order valence-corrected chi connectivity index (χ2v) is 6.44. The third-order valence-electron chi connectivity index (χ3n) is 4.06. The van der Waals surface area contributed by atoms with Crippen LogP contribution in [0.15, 0.2) is 18.2 Å². The Labute approximate surface area is 130 Å². The first kappa shape index (κ1) is 16.9. The topological polar surface area (TPSA) is 32.3 Å². The quantitative estimate of drug-likeness (QED) is 0.848. The highest BCUT2D eigenvalue weighted by molar-refractivity contribution is 5.94. The van der Waals surface area contributed by atoms with E-state index in [1.54, 1.807) is 0 Å².